The van der Waals surface area contributed by atoms with Crippen molar-refractivity contribution in [3.8, 4) is 17.2 Å². The summed E-state index contributed by atoms with van der Waals surface area (Å²) in [5, 5.41) is 8.94. The third kappa shape index (κ3) is 6.63. The maximum Gasteiger partial charge on any atom is 0.416 e. The molecule has 3 rings (SSSR count). The van der Waals surface area contributed by atoms with Crippen molar-refractivity contribution in [1.29, 1.82) is 0 Å². The van der Waals surface area contributed by atoms with Gasteiger partial charge in [-0.25, -0.2) is 0 Å². The lowest BCUT2D eigenvalue weighted by Crippen LogP contribution is -2.03. The summed E-state index contributed by atoms with van der Waals surface area (Å²) in [6, 6.07) is 17.1. The predicted molar refractivity (Wildman–Crippen MR) is 115 cm³/mol. The van der Waals surface area contributed by atoms with Gasteiger partial charge in [-0.15, -0.1) is 0 Å². The highest BCUT2D eigenvalue weighted by Gasteiger charge is 2.29. The average Bonchev–Trinajstić information content (AvgIpc) is 2.73. The second kappa shape index (κ2) is 10.0. The topological polar surface area (TPSA) is 55.8 Å². The molecule has 0 radical (unpaired) electrons. The number of benzene rings is 3. The Morgan fingerprint density at radius 2 is 1.75 bits per heavy atom. The molecule has 0 saturated heterocycles. The molecule has 0 saturated carbocycles. The van der Waals surface area contributed by atoms with E-state index in [2.05, 4.69) is 0 Å². The quantitative estimate of drug-likeness (QED) is 0.431. The van der Waals surface area contributed by atoms with E-state index in [1.54, 1.807) is 48.6 Å². The molecule has 0 atom stereocenters. The Bertz CT molecular complexity index is 1100. The van der Waals surface area contributed by atoms with E-state index in [1.807, 2.05) is 13.0 Å². The van der Waals surface area contributed by atoms with Gasteiger partial charge in [0.15, 0.2) is 0 Å². The Labute approximate surface area is 183 Å². The number of halogens is 3. The predicted octanol–water partition coefficient (Wildman–Crippen LogP) is 6.53. The van der Waals surface area contributed by atoms with Crippen LogP contribution in [0.25, 0.3) is 6.08 Å². The summed E-state index contributed by atoms with van der Waals surface area (Å²) in [5.41, 5.74) is 1.46. The number of carbonyl (C=O) groups is 1. The van der Waals surface area contributed by atoms with Crippen LogP contribution in [0.2, 0.25) is 0 Å². The van der Waals surface area contributed by atoms with Crippen molar-refractivity contribution in [2.24, 2.45) is 0 Å². The molecule has 1 N–H and O–H groups in total. The summed E-state index contributed by atoms with van der Waals surface area (Å²) in [7, 11) is 0. The van der Waals surface area contributed by atoms with E-state index in [4.69, 9.17) is 14.6 Å². The number of hydrogen-bond donors (Lipinski definition) is 1. The van der Waals surface area contributed by atoms with Gasteiger partial charge in [-0.2, -0.15) is 13.2 Å². The lowest BCUT2D eigenvalue weighted by atomic mass is 10.1. The Morgan fingerprint density at radius 1 is 1.00 bits per heavy atom. The zero-order valence-corrected chi connectivity index (χ0v) is 17.2. The first-order valence-corrected chi connectivity index (χ1v) is 9.76. The number of carboxylic acids is 1. The smallest absolute Gasteiger partial charge is 0.416 e. The zero-order chi connectivity index (χ0) is 23.1. The Kier molecular flexibility index (Phi) is 7.20. The molecule has 3 aromatic carbocycles. The largest absolute Gasteiger partial charge is 0.489 e. The number of aryl methyl sites for hydroxylation is 1. The minimum Gasteiger partial charge on any atom is -0.489 e. The van der Waals surface area contributed by atoms with Gasteiger partial charge in [0.2, 0.25) is 0 Å². The van der Waals surface area contributed by atoms with Crippen LogP contribution in [0.4, 0.5) is 13.2 Å². The summed E-state index contributed by atoms with van der Waals surface area (Å²) >= 11 is 0. The first-order valence-electron chi connectivity index (χ1n) is 9.76. The Hall–Kier alpha value is -3.74. The molecule has 0 fully saturated rings. The molecule has 7 heteroatoms. The Morgan fingerprint density at radius 3 is 2.44 bits per heavy atom. The third-order valence-corrected chi connectivity index (χ3v) is 4.54. The number of alkyl halides is 3. The molecule has 32 heavy (non-hydrogen) atoms. The number of ether oxygens (including phenoxy) is 2. The molecule has 166 valence electrons. The molecule has 0 unspecified atom stereocenters. The summed E-state index contributed by atoms with van der Waals surface area (Å²) in [6.07, 6.45) is -1.06. The van der Waals surface area contributed by atoms with Gasteiger partial charge in [0.05, 0.1) is 12.0 Å². The van der Waals surface area contributed by atoms with E-state index in [0.717, 1.165) is 17.7 Å². The summed E-state index contributed by atoms with van der Waals surface area (Å²) in [5.74, 6) is 0.732. The first-order chi connectivity index (χ1) is 15.2. The molecule has 0 aromatic heterocycles. The van der Waals surface area contributed by atoms with Crippen molar-refractivity contribution in [1.82, 2.24) is 0 Å². The van der Waals surface area contributed by atoms with Crippen LogP contribution in [0, 0.1) is 6.92 Å². The third-order valence-electron chi connectivity index (χ3n) is 4.54. The first kappa shape index (κ1) is 22.9. The highest BCUT2D eigenvalue weighted by Crippen LogP contribution is 2.30. The number of aliphatic carboxylic acids is 1. The van der Waals surface area contributed by atoms with Gasteiger partial charge in [0.25, 0.3) is 0 Å². The summed E-state index contributed by atoms with van der Waals surface area (Å²) in [6.45, 7) is 2.10. The molecule has 0 aliphatic heterocycles. The SMILES string of the molecule is Cc1ccc(OC/C=C/c2ccc(C(F)(F)F)cc2)cc1Oc1cccc(CC(=O)O)c1. The van der Waals surface area contributed by atoms with Crippen molar-refractivity contribution in [2.45, 2.75) is 19.5 Å². The van der Waals surface area contributed by atoms with Crippen molar-refractivity contribution < 1.29 is 32.5 Å². The van der Waals surface area contributed by atoms with Crippen LogP contribution in [0.3, 0.4) is 0 Å². The van der Waals surface area contributed by atoms with Crippen LogP contribution < -0.4 is 9.47 Å². The molecule has 0 aliphatic carbocycles. The fourth-order valence-electron chi connectivity index (χ4n) is 2.91. The lowest BCUT2D eigenvalue weighted by molar-refractivity contribution is -0.138. The summed E-state index contributed by atoms with van der Waals surface area (Å²) < 4.78 is 49.4. The zero-order valence-electron chi connectivity index (χ0n) is 17.2. The van der Waals surface area contributed by atoms with Crippen molar-refractivity contribution in [3.63, 3.8) is 0 Å². The van der Waals surface area contributed by atoms with Crippen LogP contribution in [0.1, 0.15) is 22.3 Å². The van der Waals surface area contributed by atoms with Crippen LogP contribution >= 0.6 is 0 Å². The fraction of sp³-hybridized carbons (Fsp3) is 0.160. The van der Waals surface area contributed by atoms with Crippen molar-refractivity contribution in [2.75, 3.05) is 6.61 Å². The summed E-state index contributed by atoms with van der Waals surface area (Å²) in [4.78, 5) is 10.9. The van der Waals surface area contributed by atoms with Crippen molar-refractivity contribution in [3.05, 3.63) is 95.1 Å². The maximum absolute atomic E-state index is 12.6. The molecule has 0 aliphatic rings. The highest BCUT2D eigenvalue weighted by atomic mass is 19.4. The molecule has 0 bridgehead atoms. The van der Waals surface area contributed by atoms with E-state index in [1.165, 1.54) is 12.1 Å². The van der Waals surface area contributed by atoms with Crippen LogP contribution in [-0.2, 0) is 17.4 Å². The molecular formula is C25H21F3O4. The molecule has 3 aromatic rings. The van der Waals surface area contributed by atoms with Gasteiger partial charge in [0, 0.05) is 6.07 Å². The van der Waals surface area contributed by atoms with Crippen LogP contribution in [0.5, 0.6) is 17.2 Å². The molecule has 4 nitrogen and oxygen atoms in total. The van der Waals surface area contributed by atoms with Crippen LogP contribution in [0.15, 0.2) is 72.8 Å². The minimum atomic E-state index is -4.35. The fourth-order valence-corrected chi connectivity index (χ4v) is 2.91. The standard InChI is InChI=1S/C25H21F3O4/c1-17-7-12-21(16-23(17)32-22-6-2-4-19(14-22)15-24(29)30)31-13-3-5-18-8-10-20(11-9-18)25(26,27)28/h2-12,14,16H,13,15H2,1H3,(H,29,30)/b5-3+. The molecular weight excluding hydrogens is 421 g/mol. The average molecular weight is 442 g/mol. The monoisotopic (exact) mass is 442 g/mol. The minimum absolute atomic E-state index is 0.0927. The van der Waals surface area contributed by atoms with Crippen molar-refractivity contribution >= 4 is 12.0 Å². The number of hydrogen-bond acceptors (Lipinski definition) is 3. The normalized spacial score (nSPS) is 11.5. The molecule has 0 spiro atoms. The van der Waals surface area contributed by atoms with E-state index in [-0.39, 0.29) is 13.0 Å². The van der Waals surface area contributed by atoms with Gasteiger partial charge < -0.3 is 14.6 Å². The van der Waals surface area contributed by atoms with E-state index < -0.39 is 17.7 Å². The van der Waals surface area contributed by atoms with Gasteiger partial charge in [0.1, 0.15) is 23.9 Å². The number of rotatable bonds is 8. The second-order valence-electron chi connectivity index (χ2n) is 7.08. The van der Waals surface area contributed by atoms with Crippen LogP contribution in [-0.4, -0.2) is 17.7 Å². The van der Waals surface area contributed by atoms with Gasteiger partial charge in [-0.3, -0.25) is 4.79 Å². The maximum atomic E-state index is 12.6. The van der Waals surface area contributed by atoms with E-state index in [0.29, 0.717) is 28.4 Å². The van der Waals surface area contributed by atoms with Gasteiger partial charge in [-0.1, -0.05) is 36.4 Å². The molecule has 0 amide bonds. The van der Waals surface area contributed by atoms with Gasteiger partial charge in [-0.05, 0) is 60.0 Å². The van der Waals surface area contributed by atoms with E-state index >= 15 is 0 Å². The Balaban J connectivity index is 1.61. The van der Waals surface area contributed by atoms with Gasteiger partial charge >= 0.3 is 12.1 Å². The van der Waals surface area contributed by atoms with E-state index in [9.17, 15) is 18.0 Å². The number of carboxylic acid groups (broad SMARTS) is 1. The lowest BCUT2D eigenvalue weighted by Gasteiger charge is -2.12. The molecule has 0 heterocycles. The second-order valence-corrected chi connectivity index (χ2v) is 7.08. The highest BCUT2D eigenvalue weighted by molar-refractivity contribution is 5.70.